The lowest BCUT2D eigenvalue weighted by molar-refractivity contribution is -0.148. The molecule has 0 radical (unpaired) electrons. The molecule has 0 aliphatic heterocycles. The predicted octanol–water partition coefficient (Wildman–Crippen LogP) is 4.35. The Kier molecular flexibility index (Phi) is 5.41. The van der Waals surface area contributed by atoms with Crippen LogP contribution in [-0.2, 0) is 20.9 Å². The van der Waals surface area contributed by atoms with Crippen LogP contribution in [0.1, 0.15) is 38.7 Å². The molecule has 0 saturated heterocycles. The smallest absolute Gasteiger partial charge is 0.322 e. The van der Waals surface area contributed by atoms with Crippen molar-refractivity contribution < 1.29 is 14.3 Å². The van der Waals surface area contributed by atoms with Gasteiger partial charge < -0.3 is 9.47 Å². The first-order chi connectivity index (χ1) is 11.7. The van der Waals surface area contributed by atoms with E-state index < -0.39 is 4.75 Å². The van der Waals surface area contributed by atoms with E-state index in [-0.39, 0.29) is 5.97 Å². The van der Waals surface area contributed by atoms with Crippen molar-refractivity contribution in [3.8, 4) is 0 Å². The van der Waals surface area contributed by atoms with E-state index >= 15 is 0 Å². The third-order valence-corrected chi connectivity index (χ3v) is 5.89. The normalized spacial score (nSPS) is 15.9. The summed E-state index contributed by atoms with van der Waals surface area (Å²) in [6, 6.07) is 8.18. The maximum atomic E-state index is 12.4. The number of nitrogens with zero attached hydrogens (tertiary/aromatic N) is 1. The molecular weight excluding hydrogens is 322 g/mol. The van der Waals surface area contributed by atoms with Gasteiger partial charge in [0.2, 0.25) is 0 Å². The van der Waals surface area contributed by atoms with Gasteiger partial charge in [0, 0.05) is 23.1 Å². The van der Waals surface area contributed by atoms with E-state index in [0.29, 0.717) is 19.8 Å². The van der Waals surface area contributed by atoms with Crippen molar-refractivity contribution in [2.75, 3.05) is 13.2 Å². The van der Waals surface area contributed by atoms with Crippen LogP contribution in [0, 0.1) is 0 Å². The largest absolute Gasteiger partial charge is 0.465 e. The first-order valence-corrected chi connectivity index (χ1v) is 9.32. The Morgan fingerprint density at radius 3 is 2.75 bits per heavy atom. The highest BCUT2D eigenvalue weighted by Gasteiger charge is 2.46. The summed E-state index contributed by atoms with van der Waals surface area (Å²) in [6.45, 7) is 5.56. The van der Waals surface area contributed by atoms with E-state index in [0.717, 1.165) is 40.6 Å². The molecule has 0 spiro atoms. The average molecular weight is 345 g/mol. The molecule has 128 valence electrons. The average Bonchev–Trinajstić information content (AvgIpc) is 2.56. The molecule has 1 aromatic heterocycles. The molecule has 24 heavy (non-hydrogen) atoms. The van der Waals surface area contributed by atoms with E-state index in [4.69, 9.17) is 9.47 Å². The van der Waals surface area contributed by atoms with Gasteiger partial charge in [-0.2, -0.15) is 0 Å². The number of carbonyl (C=O) groups excluding carboxylic acids is 1. The van der Waals surface area contributed by atoms with Crippen molar-refractivity contribution in [1.82, 2.24) is 4.98 Å². The van der Waals surface area contributed by atoms with Crippen LogP contribution < -0.4 is 0 Å². The summed E-state index contributed by atoms with van der Waals surface area (Å²) in [7, 11) is 0. The van der Waals surface area contributed by atoms with Crippen molar-refractivity contribution in [3.05, 3.63) is 36.0 Å². The van der Waals surface area contributed by atoms with Gasteiger partial charge in [0.1, 0.15) is 4.75 Å². The first-order valence-electron chi connectivity index (χ1n) is 8.50. The Bertz CT molecular complexity index is 728. The minimum atomic E-state index is -0.430. The Morgan fingerprint density at radius 1 is 1.25 bits per heavy atom. The fourth-order valence-electron chi connectivity index (χ4n) is 2.89. The number of benzene rings is 1. The fraction of sp³-hybridized carbons (Fsp3) is 0.474. The number of ether oxygens (including phenoxy) is 2. The molecule has 4 nitrogen and oxygen atoms in total. The summed E-state index contributed by atoms with van der Waals surface area (Å²) in [6.07, 6.45) is 4.63. The summed E-state index contributed by atoms with van der Waals surface area (Å²) >= 11 is 1.63. The SMILES string of the molecule is CCOCc1ccc2nccc(SC3(C(=O)OCC)CCC3)c2c1. The quantitative estimate of drug-likeness (QED) is 0.698. The van der Waals surface area contributed by atoms with Crippen molar-refractivity contribution in [3.63, 3.8) is 0 Å². The summed E-state index contributed by atoms with van der Waals surface area (Å²) < 4.78 is 10.4. The molecular formula is C19H23NO3S. The monoisotopic (exact) mass is 345 g/mol. The maximum absolute atomic E-state index is 12.4. The summed E-state index contributed by atoms with van der Waals surface area (Å²) in [5.74, 6) is -0.0864. The van der Waals surface area contributed by atoms with Gasteiger partial charge in [-0.05, 0) is 56.9 Å². The molecule has 0 unspecified atom stereocenters. The van der Waals surface area contributed by atoms with Crippen LogP contribution in [0.3, 0.4) is 0 Å². The number of rotatable bonds is 7. The molecule has 0 atom stereocenters. The van der Waals surface area contributed by atoms with E-state index in [1.807, 2.05) is 38.2 Å². The van der Waals surface area contributed by atoms with Gasteiger partial charge in [0.25, 0.3) is 0 Å². The van der Waals surface area contributed by atoms with Crippen LogP contribution in [0.4, 0.5) is 0 Å². The van der Waals surface area contributed by atoms with Crippen molar-refractivity contribution in [2.24, 2.45) is 0 Å². The fourth-order valence-corrected chi connectivity index (χ4v) is 4.34. The minimum Gasteiger partial charge on any atom is -0.465 e. The number of hydrogen-bond donors (Lipinski definition) is 0. The topological polar surface area (TPSA) is 48.4 Å². The lowest BCUT2D eigenvalue weighted by Crippen LogP contribution is -2.43. The molecule has 2 aromatic rings. The summed E-state index contributed by atoms with van der Waals surface area (Å²) in [5, 5.41) is 1.08. The maximum Gasteiger partial charge on any atom is 0.322 e. The summed E-state index contributed by atoms with van der Waals surface area (Å²) in [5.41, 5.74) is 2.07. The van der Waals surface area contributed by atoms with Crippen LogP contribution in [0.5, 0.6) is 0 Å². The van der Waals surface area contributed by atoms with Gasteiger partial charge in [-0.15, -0.1) is 11.8 Å². The number of pyridine rings is 1. The standard InChI is InChI=1S/C19H23NO3S/c1-3-22-13-14-6-7-16-15(12-14)17(8-11-20-16)24-19(9-5-10-19)18(21)23-4-2/h6-8,11-12H,3-5,9-10,13H2,1-2H3. The van der Waals surface area contributed by atoms with Gasteiger partial charge in [-0.3, -0.25) is 9.78 Å². The van der Waals surface area contributed by atoms with E-state index in [9.17, 15) is 4.79 Å². The molecule has 1 heterocycles. The zero-order valence-electron chi connectivity index (χ0n) is 14.2. The van der Waals surface area contributed by atoms with Gasteiger partial charge in [-0.1, -0.05) is 6.07 Å². The van der Waals surface area contributed by atoms with Gasteiger partial charge in [0.05, 0.1) is 18.7 Å². The molecule has 1 fully saturated rings. The lowest BCUT2D eigenvalue weighted by Gasteiger charge is -2.38. The molecule has 1 aromatic carbocycles. The molecule has 0 bridgehead atoms. The van der Waals surface area contributed by atoms with E-state index in [1.165, 1.54) is 0 Å². The lowest BCUT2D eigenvalue weighted by atomic mass is 9.84. The number of esters is 1. The Hall–Kier alpha value is -1.59. The molecule has 1 aliphatic rings. The van der Waals surface area contributed by atoms with Crippen molar-refractivity contribution in [1.29, 1.82) is 0 Å². The number of thioether (sulfide) groups is 1. The van der Waals surface area contributed by atoms with Crippen LogP contribution in [0.2, 0.25) is 0 Å². The van der Waals surface area contributed by atoms with Crippen molar-refractivity contribution in [2.45, 2.75) is 49.4 Å². The van der Waals surface area contributed by atoms with Gasteiger partial charge in [-0.25, -0.2) is 0 Å². The van der Waals surface area contributed by atoms with Gasteiger partial charge in [0.15, 0.2) is 0 Å². The highest BCUT2D eigenvalue weighted by molar-refractivity contribution is 8.01. The van der Waals surface area contributed by atoms with E-state index in [1.54, 1.807) is 11.8 Å². The highest BCUT2D eigenvalue weighted by atomic mass is 32.2. The highest BCUT2D eigenvalue weighted by Crippen LogP contribution is 2.49. The second-order valence-electron chi connectivity index (χ2n) is 5.97. The number of fused-ring (bicyclic) bond motifs is 1. The Balaban J connectivity index is 1.91. The van der Waals surface area contributed by atoms with Crippen LogP contribution in [-0.4, -0.2) is 28.9 Å². The second-order valence-corrected chi connectivity index (χ2v) is 7.39. The Labute approximate surface area is 146 Å². The zero-order chi connectivity index (χ0) is 17.0. The van der Waals surface area contributed by atoms with Crippen LogP contribution >= 0.6 is 11.8 Å². The molecule has 0 N–H and O–H groups in total. The number of aromatic nitrogens is 1. The van der Waals surface area contributed by atoms with Crippen molar-refractivity contribution >= 4 is 28.6 Å². The number of carbonyl (C=O) groups is 1. The Morgan fingerprint density at radius 2 is 2.08 bits per heavy atom. The zero-order valence-corrected chi connectivity index (χ0v) is 15.0. The second kappa shape index (κ2) is 7.53. The third-order valence-electron chi connectivity index (χ3n) is 4.35. The molecule has 5 heteroatoms. The van der Waals surface area contributed by atoms with Crippen LogP contribution in [0.15, 0.2) is 35.4 Å². The molecule has 1 saturated carbocycles. The molecule has 0 amide bonds. The van der Waals surface area contributed by atoms with Crippen LogP contribution in [0.25, 0.3) is 10.9 Å². The third kappa shape index (κ3) is 3.42. The van der Waals surface area contributed by atoms with Gasteiger partial charge >= 0.3 is 5.97 Å². The summed E-state index contributed by atoms with van der Waals surface area (Å²) in [4.78, 5) is 18.0. The van der Waals surface area contributed by atoms with E-state index in [2.05, 4.69) is 11.1 Å². The minimum absolute atomic E-state index is 0.0864. The number of hydrogen-bond acceptors (Lipinski definition) is 5. The molecule has 3 rings (SSSR count). The predicted molar refractivity (Wildman–Crippen MR) is 96.1 cm³/mol. The molecule has 1 aliphatic carbocycles. The first kappa shape index (κ1) is 17.2.